The fraction of sp³-hybridized carbons (Fsp3) is 0.735. The largest absolute Gasteiger partial charge is 0.348 e. The number of rotatable bonds is 14. The number of urea groups is 1. The van der Waals surface area contributed by atoms with Crippen LogP contribution >= 0.6 is 0 Å². The Balaban J connectivity index is 2.35. The van der Waals surface area contributed by atoms with Crippen LogP contribution in [0, 0.1) is 41.9 Å². The number of amides is 5. The Hall–Kier alpha value is -3.58. The molecule has 2 unspecified atom stereocenters. The topological polar surface area (TPSA) is 171 Å². The van der Waals surface area contributed by atoms with Gasteiger partial charge in [0.25, 0.3) is 5.91 Å². The maximum absolute atomic E-state index is 14.3. The molecule has 0 aromatic carbocycles. The molecule has 2 rings (SSSR count). The molecule has 0 bridgehead atoms. The first-order valence-electron chi connectivity index (χ1n) is 16.4. The van der Waals surface area contributed by atoms with Gasteiger partial charge < -0.3 is 26.2 Å². The molecular weight excluding hydrogens is 622 g/mol. The Morgan fingerprint density at radius 2 is 1.60 bits per heavy atom. The number of hydrogen-bond acceptors (Lipinski definition) is 7. The van der Waals surface area contributed by atoms with Crippen LogP contribution in [0.15, 0.2) is 0 Å². The minimum atomic E-state index is -3.41. The summed E-state index contributed by atoms with van der Waals surface area (Å²) >= 11 is 0. The monoisotopic (exact) mass is 675 g/mol. The van der Waals surface area contributed by atoms with Crippen molar-refractivity contribution in [3.05, 3.63) is 0 Å². The van der Waals surface area contributed by atoms with Crippen LogP contribution < -0.4 is 21.3 Å². The molecule has 1 aliphatic carbocycles. The summed E-state index contributed by atoms with van der Waals surface area (Å²) in [6.07, 6.45) is 16.2. The Labute approximate surface area is 280 Å². The van der Waals surface area contributed by atoms with Gasteiger partial charge in [0, 0.05) is 32.2 Å². The van der Waals surface area contributed by atoms with Crippen LogP contribution in [0.2, 0.25) is 0 Å². The van der Waals surface area contributed by atoms with Crippen molar-refractivity contribution >= 4 is 39.4 Å². The lowest BCUT2D eigenvalue weighted by Crippen LogP contribution is -2.63. The van der Waals surface area contributed by atoms with Gasteiger partial charge in [-0.2, -0.15) is 0 Å². The fourth-order valence-electron chi connectivity index (χ4n) is 6.60. The van der Waals surface area contributed by atoms with E-state index in [9.17, 15) is 32.4 Å². The second-order valence-corrected chi connectivity index (χ2v) is 16.5. The minimum absolute atomic E-state index is 0.0121. The molecule has 0 spiro atoms. The molecule has 0 radical (unpaired) electrons. The fourth-order valence-corrected chi connectivity index (χ4v) is 7.97. The van der Waals surface area contributed by atoms with Gasteiger partial charge in [0.05, 0.1) is 17.3 Å². The third-order valence-corrected chi connectivity index (χ3v) is 10.0. The number of carbonyl (C=O) groups is 5. The Morgan fingerprint density at radius 3 is 2.13 bits per heavy atom. The number of ketones is 1. The number of Topliss-reactive ketones (excluding diaryl/α,β-unsaturated/α-hetero) is 1. The van der Waals surface area contributed by atoms with Crippen molar-refractivity contribution in [2.24, 2.45) is 17.3 Å². The minimum Gasteiger partial charge on any atom is -0.348 e. The normalized spacial score (nSPS) is 20.7. The first-order valence-corrected chi connectivity index (χ1v) is 18.5. The summed E-state index contributed by atoms with van der Waals surface area (Å²) in [5.41, 5.74) is -1.73. The van der Waals surface area contributed by atoms with Crippen molar-refractivity contribution < 1.29 is 32.4 Å². The van der Waals surface area contributed by atoms with Crippen molar-refractivity contribution in [2.45, 2.75) is 116 Å². The molecule has 1 heterocycles. The summed E-state index contributed by atoms with van der Waals surface area (Å²) in [5.74, 6) is 1.51. The summed E-state index contributed by atoms with van der Waals surface area (Å²) in [6.45, 7) is 9.60. The summed E-state index contributed by atoms with van der Waals surface area (Å²) < 4.78 is 24.6. The van der Waals surface area contributed by atoms with Crippen LogP contribution in [0.1, 0.15) is 92.4 Å². The molecule has 12 nitrogen and oxygen atoms in total. The average molecular weight is 676 g/mol. The van der Waals surface area contributed by atoms with Crippen LogP contribution in [-0.4, -0.2) is 91.6 Å². The summed E-state index contributed by atoms with van der Waals surface area (Å²) in [5, 5.41) is 10.9. The lowest BCUT2D eigenvalue weighted by molar-refractivity contribution is -0.144. The third kappa shape index (κ3) is 11.6. The quantitative estimate of drug-likeness (QED) is 0.124. The summed E-state index contributed by atoms with van der Waals surface area (Å²) in [6, 6.07) is -3.90. The lowest BCUT2D eigenvalue weighted by atomic mass is 9.83. The number of nitrogens with zero attached hydrogens (tertiary/aromatic N) is 1. The van der Waals surface area contributed by atoms with Crippen LogP contribution in [0.5, 0.6) is 0 Å². The molecule has 0 aromatic rings. The summed E-state index contributed by atoms with van der Waals surface area (Å²) in [7, 11) is -3.41. The van der Waals surface area contributed by atoms with Gasteiger partial charge in [-0.25, -0.2) is 13.2 Å². The maximum Gasteiger partial charge on any atom is 0.315 e. The predicted octanol–water partition coefficient (Wildman–Crippen LogP) is 1.93. The highest BCUT2D eigenvalue weighted by Crippen LogP contribution is 2.34. The number of sulfone groups is 1. The van der Waals surface area contributed by atoms with Gasteiger partial charge in [0.2, 0.25) is 17.6 Å². The van der Waals surface area contributed by atoms with E-state index in [1.54, 1.807) is 20.8 Å². The van der Waals surface area contributed by atoms with Crippen LogP contribution in [0.4, 0.5) is 4.79 Å². The molecule has 0 aromatic heterocycles. The van der Waals surface area contributed by atoms with Gasteiger partial charge in [0.15, 0.2) is 0 Å². The van der Waals surface area contributed by atoms with Crippen molar-refractivity contribution in [3.63, 3.8) is 0 Å². The van der Waals surface area contributed by atoms with E-state index < -0.39 is 68.5 Å². The maximum atomic E-state index is 14.3. The van der Waals surface area contributed by atoms with Crippen molar-refractivity contribution in [1.29, 1.82) is 0 Å². The summed E-state index contributed by atoms with van der Waals surface area (Å²) in [4.78, 5) is 68.7. The highest BCUT2D eigenvalue weighted by molar-refractivity contribution is 7.90. The second kappa shape index (κ2) is 17.0. The van der Waals surface area contributed by atoms with E-state index in [0.29, 0.717) is 19.3 Å². The standard InChI is InChI=1S/C34H53N5O7S/c1-9-11-16-25(27(40)30(42)35-20-12-10-2)36-29(41)26-24(23(3)4)17-21-39(26)31(43)28(33(5,6)7)37-32(44)38-34(22-47(8,45)46)18-14-13-15-19-34/h1-2,23-26,28H,11-22H2,3-8H3,(H,35,42)(H,36,41)(H2,37,38,44)/t24?,25?,26-,28+/m0/s1. The average Bonchev–Trinajstić information content (AvgIpc) is 3.42. The SMILES string of the molecule is C#CCCNC(=O)C(=O)C(CCC#C)NC(=O)[C@@H]1C(C(C)C)CCN1C(=O)[C@@H](NC(=O)NC1(CS(C)(=O)=O)CCCCC1)C(C)(C)C. The molecule has 4 atom stereocenters. The first kappa shape index (κ1) is 39.6. The molecule has 2 aliphatic rings. The Morgan fingerprint density at radius 1 is 0.979 bits per heavy atom. The molecule has 1 saturated heterocycles. The lowest BCUT2D eigenvalue weighted by Gasteiger charge is -2.40. The highest BCUT2D eigenvalue weighted by Gasteiger charge is 2.48. The molecule has 13 heteroatoms. The van der Waals surface area contributed by atoms with E-state index in [1.165, 1.54) is 4.90 Å². The second-order valence-electron chi connectivity index (χ2n) is 14.4. The zero-order valence-corrected chi connectivity index (χ0v) is 29.6. The molecule has 262 valence electrons. The number of carbonyl (C=O) groups excluding carboxylic acids is 5. The smallest absolute Gasteiger partial charge is 0.315 e. The van der Waals surface area contributed by atoms with E-state index in [0.717, 1.165) is 25.5 Å². The zero-order chi connectivity index (χ0) is 35.6. The van der Waals surface area contributed by atoms with Crippen LogP contribution in [-0.2, 0) is 29.0 Å². The zero-order valence-electron chi connectivity index (χ0n) is 28.7. The molecular formula is C34H53N5O7S. The van der Waals surface area contributed by atoms with Gasteiger partial charge in [-0.15, -0.1) is 24.7 Å². The van der Waals surface area contributed by atoms with Crippen molar-refractivity contribution in [3.8, 4) is 24.7 Å². The molecule has 2 fully saturated rings. The van der Waals surface area contributed by atoms with Gasteiger partial charge in [-0.05, 0) is 42.9 Å². The first-order chi connectivity index (χ1) is 21.9. The van der Waals surface area contributed by atoms with E-state index in [2.05, 4.69) is 33.1 Å². The van der Waals surface area contributed by atoms with E-state index >= 15 is 0 Å². The third-order valence-electron chi connectivity index (χ3n) is 8.96. The van der Waals surface area contributed by atoms with Crippen LogP contribution in [0.25, 0.3) is 0 Å². The molecule has 1 saturated carbocycles. The van der Waals surface area contributed by atoms with Crippen molar-refractivity contribution in [1.82, 2.24) is 26.2 Å². The van der Waals surface area contributed by atoms with Gasteiger partial charge in [0.1, 0.15) is 21.9 Å². The predicted molar refractivity (Wildman–Crippen MR) is 180 cm³/mol. The molecule has 4 N–H and O–H groups in total. The Bertz CT molecular complexity index is 1350. The Kier molecular flexibility index (Phi) is 14.3. The van der Waals surface area contributed by atoms with Gasteiger partial charge in [-0.1, -0.05) is 53.9 Å². The number of terminal acetylenes is 2. The van der Waals surface area contributed by atoms with E-state index in [-0.39, 0.29) is 49.9 Å². The number of likely N-dealkylation sites (tertiary alicyclic amines) is 1. The highest BCUT2D eigenvalue weighted by atomic mass is 32.2. The van der Waals surface area contributed by atoms with Gasteiger partial charge in [-0.3, -0.25) is 19.2 Å². The number of hydrogen-bond donors (Lipinski definition) is 4. The molecule has 47 heavy (non-hydrogen) atoms. The van der Waals surface area contributed by atoms with E-state index in [4.69, 9.17) is 12.8 Å². The molecule has 1 aliphatic heterocycles. The van der Waals surface area contributed by atoms with Crippen molar-refractivity contribution in [2.75, 3.05) is 25.1 Å². The molecule has 5 amide bonds. The van der Waals surface area contributed by atoms with E-state index in [1.807, 2.05) is 13.8 Å². The number of nitrogens with one attached hydrogen (secondary N) is 4. The van der Waals surface area contributed by atoms with Crippen LogP contribution in [0.3, 0.4) is 0 Å². The van der Waals surface area contributed by atoms with Gasteiger partial charge >= 0.3 is 6.03 Å².